The molecule has 0 saturated carbocycles. The molecule has 0 amide bonds. The normalized spacial score (nSPS) is 15.1. The third kappa shape index (κ3) is 2.45. The number of aryl methyl sites for hydroxylation is 1. The van der Waals surface area contributed by atoms with Crippen LogP contribution in [0.2, 0.25) is 0 Å². The predicted molar refractivity (Wildman–Crippen MR) is 103 cm³/mol. The fraction of sp³-hybridized carbons (Fsp3) is 0.250. The van der Waals surface area contributed by atoms with Gasteiger partial charge < -0.3 is 4.90 Å². The van der Waals surface area contributed by atoms with E-state index in [1.165, 1.54) is 5.82 Å². The second-order valence-corrected chi connectivity index (χ2v) is 6.73. The molecular formula is C20H21N6+. The van der Waals surface area contributed by atoms with E-state index in [2.05, 4.69) is 56.3 Å². The van der Waals surface area contributed by atoms with E-state index in [-0.39, 0.29) is 0 Å². The minimum atomic E-state index is 0.912. The van der Waals surface area contributed by atoms with Crippen molar-refractivity contribution in [3.63, 3.8) is 0 Å². The molecule has 0 unspecified atom stereocenters. The summed E-state index contributed by atoms with van der Waals surface area (Å²) in [6, 6.07) is 16.7. The topological polar surface area (TPSA) is 50.8 Å². The van der Waals surface area contributed by atoms with E-state index in [1.54, 1.807) is 0 Å². The molecule has 1 aromatic carbocycles. The molecular weight excluding hydrogens is 324 g/mol. The molecule has 3 aromatic heterocycles. The van der Waals surface area contributed by atoms with Gasteiger partial charge in [0, 0.05) is 17.5 Å². The van der Waals surface area contributed by atoms with E-state index in [0.717, 1.165) is 54.2 Å². The van der Waals surface area contributed by atoms with E-state index in [9.17, 15) is 0 Å². The fourth-order valence-corrected chi connectivity index (χ4v) is 3.74. The Hall–Kier alpha value is -3.15. The zero-order chi connectivity index (χ0) is 17.5. The number of piperazine rings is 1. The second kappa shape index (κ2) is 5.98. The van der Waals surface area contributed by atoms with Crippen LogP contribution in [-0.4, -0.2) is 40.8 Å². The van der Waals surface area contributed by atoms with Crippen LogP contribution in [0.25, 0.3) is 16.6 Å². The molecule has 4 aromatic rings. The summed E-state index contributed by atoms with van der Waals surface area (Å²) in [5.41, 5.74) is 3.01. The van der Waals surface area contributed by atoms with Crippen LogP contribution in [0.5, 0.6) is 0 Å². The number of fused-ring (bicyclic) bond motifs is 3. The molecule has 1 saturated heterocycles. The first-order valence-corrected chi connectivity index (χ1v) is 9.01. The number of nitrogens with one attached hydrogen (secondary N) is 1. The summed E-state index contributed by atoms with van der Waals surface area (Å²) in [6.45, 7) is 5.85. The number of anilines is 2. The SMILES string of the molecule is Cc1cc2nc(N3CCN(c4cccc[nH+]4)CC3)c3ccccc3n2n1. The van der Waals surface area contributed by atoms with Gasteiger partial charge in [-0.1, -0.05) is 18.2 Å². The smallest absolute Gasteiger partial charge is 0.274 e. The maximum absolute atomic E-state index is 4.95. The van der Waals surface area contributed by atoms with Gasteiger partial charge in [-0.15, -0.1) is 0 Å². The van der Waals surface area contributed by atoms with E-state index >= 15 is 0 Å². The molecule has 0 bridgehead atoms. The Labute approximate surface area is 151 Å². The number of H-pyrrole nitrogens is 1. The molecule has 4 heterocycles. The molecule has 130 valence electrons. The Morgan fingerprint density at radius 3 is 2.50 bits per heavy atom. The third-order valence-electron chi connectivity index (χ3n) is 5.02. The molecule has 6 heteroatoms. The van der Waals surface area contributed by atoms with Gasteiger partial charge in [-0.3, -0.25) is 4.90 Å². The molecule has 1 aliphatic rings. The predicted octanol–water partition coefficient (Wildman–Crippen LogP) is 2.33. The minimum Gasteiger partial charge on any atom is -0.348 e. The number of para-hydroxylation sites is 1. The van der Waals surface area contributed by atoms with E-state index in [1.807, 2.05) is 29.8 Å². The summed E-state index contributed by atoms with van der Waals surface area (Å²) in [7, 11) is 0. The lowest BCUT2D eigenvalue weighted by Gasteiger charge is -2.32. The van der Waals surface area contributed by atoms with Crippen molar-refractivity contribution in [1.29, 1.82) is 0 Å². The monoisotopic (exact) mass is 345 g/mol. The van der Waals surface area contributed by atoms with Crippen LogP contribution in [0, 0.1) is 6.92 Å². The highest BCUT2D eigenvalue weighted by Crippen LogP contribution is 2.27. The number of rotatable bonds is 2. The van der Waals surface area contributed by atoms with Gasteiger partial charge in [0.1, 0.15) is 18.9 Å². The Bertz CT molecular complexity index is 1060. The van der Waals surface area contributed by atoms with Gasteiger partial charge >= 0.3 is 0 Å². The average molecular weight is 345 g/mol. The lowest BCUT2D eigenvalue weighted by atomic mass is 10.2. The molecule has 1 aliphatic heterocycles. The third-order valence-corrected chi connectivity index (χ3v) is 5.02. The van der Waals surface area contributed by atoms with E-state index in [0.29, 0.717) is 0 Å². The van der Waals surface area contributed by atoms with Crippen LogP contribution in [0.15, 0.2) is 54.7 Å². The summed E-state index contributed by atoms with van der Waals surface area (Å²) in [5, 5.41) is 5.76. The molecule has 6 nitrogen and oxygen atoms in total. The Morgan fingerprint density at radius 1 is 0.923 bits per heavy atom. The Morgan fingerprint density at radius 2 is 1.69 bits per heavy atom. The number of benzene rings is 1. The highest BCUT2D eigenvalue weighted by Gasteiger charge is 2.25. The summed E-state index contributed by atoms with van der Waals surface area (Å²) < 4.78 is 1.95. The molecule has 0 atom stereocenters. The fourth-order valence-electron chi connectivity index (χ4n) is 3.74. The summed E-state index contributed by atoms with van der Waals surface area (Å²) in [5.74, 6) is 2.23. The molecule has 0 radical (unpaired) electrons. The van der Waals surface area contributed by atoms with Crippen molar-refractivity contribution in [1.82, 2.24) is 14.6 Å². The first-order chi connectivity index (χ1) is 12.8. The zero-order valence-corrected chi connectivity index (χ0v) is 14.8. The number of hydrogen-bond acceptors (Lipinski definition) is 4. The van der Waals surface area contributed by atoms with Crippen LogP contribution < -0.4 is 14.8 Å². The summed E-state index contributed by atoms with van der Waals surface area (Å²) >= 11 is 0. The number of pyridine rings is 1. The average Bonchev–Trinajstić information content (AvgIpc) is 3.09. The maximum atomic E-state index is 4.95. The van der Waals surface area contributed by atoms with E-state index < -0.39 is 0 Å². The number of aromatic nitrogens is 4. The van der Waals surface area contributed by atoms with Crippen molar-refractivity contribution in [2.24, 2.45) is 0 Å². The number of nitrogens with zero attached hydrogens (tertiary/aromatic N) is 5. The second-order valence-electron chi connectivity index (χ2n) is 6.73. The van der Waals surface area contributed by atoms with Crippen LogP contribution in [0.1, 0.15) is 5.69 Å². The van der Waals surface area contributed by atoms with Crippen molar-refractivity contribution < 1.29 is 4.98 Å². The highest BCUT2D eigenvalue weighted by atomic mass is 15.3. The first-order valence-electron chi connectivity index (χ1n) is 9.01. The molecule has 1 fully saturated rings. The summed E-state index contributed by atoms with van der Waals surface area (Å²) in [6.07, 6.45) is 1.98. The largest absolute Gasteiger partial charge is 0.348 e. The molecule has 0 spiro atoms. The number of aromatic amines is 1. The van der Waals surface area contributed by atoms with Crippen molar-refractivity contribution in [3.8, 4) is 0 Å². The Balaban J connectivity index is 1.51. The van der Waals surface area contributed by atoms with E-state index in [4.69, 9.17) is 4.98 Å². The van der Waals surface area contributed by atoms with Crippen LogP contribution in [-0.2, 0) is 0 Å². The van der Waals surface area contributed by atoms with Crippen molar-refractivity contribution in [2.75, 3.05) is 36.0 Å². The van der Waals surface area contributed by atoms with Gasteiger partial charge in [0.15, 0.2) is 5.65 Å². The zero-order valence-electron chi connectivity index (χ0n) is 14.8. The highest BCUT2D eigenvalue weighted by molar-refractivity contribution is 5.91. The molecule has 1 N–H and O–H groups in total. The van der Waals surface area contributed by atoms with Crippen molar-refractivity contribution in [3.05, 3.63) is 60.4 Å². The van der Waals surface area contributed by atoms with Gasteiger partial charge in [0.2, 0.25) is 0 Å². The maximum Gasteiger partial charge on any atom is 0.274 e. The van der Waals surface area contributed by atoms with Crippen molar-refractivity contribution >= 4 is 28.2 Å². The Kier molecular flexibility index (Phi) is 3.48. The van der Waals surface area contributed by atoms with Gasteiger partial charge in [0.25, 0.3) is 5.82 Å². The van der Waals surface area contributed by atoms with Crippen molar-refractivity contribution in [2.45, 2.75) is 6.92 Å². The first kappa shape index (κ1) is 15.1. The van der Waals surface area contributed by atoms with Gasteiger partial charge in [0.05, 0.1) is 30.5 Å². The summed E-state index contributed by atoms with van der Waals surface area (Å²) in [4.78, 5) is 13.1. The minimum absolute atomic E-state index is 0.912. The molecule has 26 heavy (non-hydrogen) atoms. The van der Waals surface area contributed by atoms with Crippen LogP contribution in [0.4, 0.5) is 11.6 Å². The lowest BCUT2D eigenvalue weighted by Crippen LogP contribution is -2.48. The lowest BCUT2D eigenvalue weighted by molar-refractivity contribution is -0.364. The molecule has 0 aliphatic carbocycles. The molecule has 5 rings (SSSR count). The quantitative estimate of drug-likeness (QED) is 0.559. The number of hydrogen-bond donors (Lipinski definition) is 0. The van der Waals surface area contributed by atoms with Gasteiger partial charge in [-0.2, -0.15) is 5.10 Å². The standard InChI is InChI=1S/C20H20N6/c1-15-14-19-22-20(16-6-2-3-7-17(16)26(19)23-15)25-12-10-24(11-13-25)18-8-4-5-9-21-18/h2-9,14H,10-13H2,1H3/p+1. The van der Waals surface area contributed by atoms with Crippen LogP contribution in [0.3, 0.4) is 0 Å². The van der Waals surface area contributed by atoms with Gasteiger partial charge in [-0.05, 0) is 25.1 Å². The van der Waals surface area contributed by atoms with Gasteiger partial charge in [-0.25, -0.2) is 14.5 Å². The van der Waals surface area contributed by atoms with Crippen LogP contribution >= 0.6 is 0 Å².